The van der Waals surface area contributed by atoms with Gasteiger partial charge in [-0.1, -0.05) is 36.7 Å². The summed E-state index contributed by atoms with van der Waals surface area (Å²) in [5.41, 5.74) is 1.40. The minimum absolute atomic E-state index is 0.181. The van der Waals surface area contributed by atoms with E-state index in [2.05, 4.69) is 54.9 Å². The normalized spacial score (nSPS) is 12.6. The molecule has 0 saturated carbocycles. The van der Waals surface area contributed by atoms with Gasteiger partial charge >= 0.3 is 5.97 Å². The second-order valence-corrected chi connectivity index (χ2v) is 13.1. The van der Waals surface area contributed by atoms with Gasteiger partial charge in [0.1, 0.15) is 0 Å². The second-order valence-electron chi connectivity index (χ2n) is 7.35. The molecule has 0 saturated heterocycles. The van der Waals surface area contributed by atoms with Gasteiger partial charge < -0.3 is 9.16 Å². The number of methoxy groups -OCH3 is 1. The molecule has 0 fully saturated rings. The molecule has 0 aliphatic heterocycles. The molecule has 1 aromatic carbocycles. The van der Waals surface area contributed by atoms with E-state index in [1.807, 2.05) is 10.7 Å². The molecule has 1 heterocycles. The Bertz CT molecular complexity index is 750. The SMILES string of the molecule is COC(=O)c1cc(Br)cc2c1cnn2CCO[Si](C)(C)C(C)(C)C. The largest absolute Gasteiger partial charge is 0.465 e. The zero-order valence-corrected chi connectivity index (χ0v) is 17.7. The molecule has 0 amide bonds. The van der Waals surface area contributed by atoms with Crippen LogP contribution in [0.15, 0.2) is 22.8 Å². The molecule has 2 aromatic rings. The lowest BCUT2D eigenvalue weighted by atomic mass is 10.1. The Morgan fingerprint density at radius 1 is 1.33 bits per heavy atom. The summed E-state index contributed by atoms with van der Waals surface area (Å²) in [5, 5.41) is 5.39. The number of nitrogens with zero attached hydrogens (tertiary/aromatic N) is 2. The molecule has 0 aliphatic rings. The van der Waals surface area contributed by atoms with Gasteiger partial charge in [-0.15, -0.1) is 0 Å². The molecule has 1 aromatic heterocycles. The molecule has 0 N–H and O–H groups in total. The third-order valence-electron chi connectivity index (χ3n) is 4.70. The summed E-state index contributed by atoms with van der Waals surface area (Å²) in [6, 6.07) is 3.72. The van der Waals surface area contributed by atoms with Gasteiger partial charge in [-0.05, 0) is 30.3 Å². The number of rotatable bonds is 5. The third-order valence-corrected chi connectivity index (χ3v) is 9.70. The quantitative estimate of drug-likeness (QED) is 0.531. The molecule has 5 nitrogen and oxygen atoms in total. The highest BCUT2D eigenvalue weighted by Crippen LogP contribution is 2.36. The second kappa shape index (κ2) is 6.97. The highest BCUT2D eigenvalue weighted by Gasteiger charge is 2.36. The van der Waals surface area contributed by atoms with Gasteiger partial charge in [0.15, 0.2) is 8.32 Å². The van der Waals surface area contributed by atoms with Crippen LogP contribution in [-0.4, -0.2) is 37.8 Å². The van der Waals surface area contributed by atoms with Crippen molar-refractivity contribution in [2.24, 2.45) is 0 Å². The maximum Gasteiger partial charge on any atom is 0.338 e. The van der Waals surface area contributed by atoms with Crippen LogP contribution < -0.4 is 0 Å². The van der Waals surface area contributed by atoms with Gasteiger partial charge in [-0.2, -0.15) is 5.10 Å². The summed E-state index contributed by atoms with van der Waals surface area (Å²) in [6.45, 7) is 12.4. The molecule has 0 spiro atoms. The van der Waals surface area contributed by atoms with E-state index in [1.165, 1.54) is 7.11 Å². The number of hydrogen-bond donors (Lipinski definition) is 0. The fraction of sp³-hybridized carbons (Fsp3) is 0.529. The molecule has 0 atom stereocenters. The van der Waals surface area contributed by atoms with Gasteiger partial charge in [-0.25, -0.2) is 4.79 Å². The van der Waals surface area contributed by atoms with Gasteiger partial charge in [0.05, 0.1) is 37.5 Å². The molecule has 0 aliphatic carbocycles. The van der Waals surface area contributed by atoms with E-state index >= 15 is 0 Å². The average molecular weight is 413 g/mol. The predicted octanol–water partition coefficient (Wildman–Crippen LogP) is 4.61. The first kappa shape index (κ1) is 19.1. The lowest BCUT2D eigenvalue weighted by Crippen LogP contribution is -2.41. The highest BCUT2D eigenvalue weighted by molar-refractivity contribution is 9.10. The van der Waals surface area contributed by atoms with Crippen LogP contribution in [0, 0.1) is 0 Å². The average Bonchev–Trinajstić information content (AvgIpc) is 2.87. The van der Waals surface area contributed by atoms with Crippen molar-refractivity contribution in [3.8, 4) is 0 Å². The molecule has 2 rings (SSSR count). The topological polar surface area (TPSA) is 53.3 Å². The standard InChI is InChI=1S/C17H25BrN2O3Si/c1-17(2,3)24(5,6)23-8-7-20-15-10-12(18)9-13(16(21)22-4)14(15)11-19-20/h9-11H,7-8H2,1-6H3. The van der Waals surface area contributed by atoms with Crippen molar-refractivity contribution in [1.29, 1.82) is 0 Å². The van der Waals surface area contributed by atoms with E-state index in [9.17, 15) is 4.79 Å². The summed E-state index contributed by atoms with van der Waals surface area (Å²) < 4.78 is 13.8. The Morgan fingerprint density at radius 3 is 2.58 bits per heavy atom. The van der Waals surface area contributed by atoms with Crippen molar-refractivity contribution in [3.63, 3.8) is 0 Å². The maximum absolute atomic E-state index is 11.9. The molecule has 0 radical (unpaired) electrons. The number of ether oxygens (including phenoxy) is 1. The zero-order valence-electron chi connectivity index (χ0n) is 15.1. The van der Waals surface area contributed by atoms with Gasteiger partial charge in [0, 0.05) is 9.86 Å². The molecule has 0 unspecified atom stereocenters. The minimum Gasteiger partial charge on any atom is -0.465 e. The lowest BCUT2D eigenvalue weighted by Gasteiger charge is -2.36. The Morgan fingerprint density at radius 2 is 2.00 bits per heavy atom. The van der Waals surface area contributed by atoms with E-state index in [-0.39, 0.29) is 11.0 Å². The zero-order chi connectivity index (χ0) is 18.1. The van der Waals surface area contributed by atoms with E-state index in [0.29, 0.717) is 18.7 Å². The monoisotopic (exact) mass is 412 g/mol. The van der Waals surface area contributed by atoms with Gasteiger partial charge in [0.25, 0.3) is 0 Å². The number of esters is 1. The minimum atomic E-state index is -1.78. The number of benzene rings is 1. The molecule has 132 valence electrons. The number of fused-ring (bicyclic) bond motifs is 1. The Balaban J connectivity index is 2.23. The van der Waals surface area contributed by atoms with Crippen LogP contribution in [0.2, 0.25) is 18.1 Å². The number of hydrogen-bond acceptors (Lipinski definition) is 4. The van der Waals surface area contributed by atoms with Crippen molar-refractivity contribution in [3.05, 3.63) is 28.4 Å². The molecule has 7 heteroatoms. The fourth-order valence-corrected chi connectivity index (χ4v) is 3.68. The van der Waals surface area contributed by atoms with Gasteiger partial charge in [0.2, 0.25) is 0 Å². The first-order valence-corrected chi connectivity index (χ1v) is 11.6. The maximum atomic E-state index is 11.9. The number of carbonyl (C=O) groups excluding carboxylic acids is 1. The van der Waals surface area contributed by atoms with Crippen LogP contribution in [-0.2, 0) is 15.7 Å². The summed E-state index contributed by atoms with van der Waals surface area (Å²) in [7, 11) is -0.394. The first-order chi connectivity index (χ1) is 11.1. The van der Waals surface area contributed by atoms with Crippen LogP contribution in [0.25, 0.3) is 10.9 Å². The molecule has 0 bridgehead atoms. The lowest BCUT2D eigenvalue weighted by molar-refractivity contribution is 0.0603. The summed E-state index contributed by atoms with van der Waals surface area (Å²) in [4.78, 5) is 11.9. The van der Waals surface area contributed by atoms with Crippen molar-refractivity contribution in [2.75, 3.05) is 13.7 Å². The van der Waals surface area contributed by atoms with E-state index < -0.39 is 8.32 Å². The van der Waals surface area contributed by atoms with Crippen molar-refractivity contribution < 1.29 is 14.0 Å². The summed E-state index contributed by atoms with van der Waals surface area (Å²) in [5.74, 6) is -0.363. The number of aromatic nitrogens is 2. The number of halogens is 1. The Hall–Kier alpha value is -1.18. The van der Waals surface area contributed by atoms with E-state index in [4.69, 9.17) is 9.16 Å². The van der Waals surface area contributed by atoms with Crippen molar-refractivity contribution >= 4 is 41.1 Å². The van der Waals surface area contributed by atoms with Crippen LogP contribution in [0.3, 0.4) is 0 Å². The van der Waals surface area contributed by atoms with E-state index in [0.717, 1.165) is 15.4 Å². The predicted molar refractivity (Wildman–Crippen MR) is 102 cm³/mol. The van der Waals surface area contributed by atoms with Crippen LogP contribution in [0.5, 0.6) is 0 Å². The van der Waals surface area contributed by atoms with Crippen LogP contribution >= 0.6 is 15.9 Å². The highest BCUT2D eigenvalue weighted by atomic mass is 79.9. The van der Waals surface area contributed by atoms with Crippen LogP contribution in [0.1, 0.15) is 31.1 Å². The molecular weight excluding hydrogens is 388 g/mol. The van der Waals surface area contributed by atoms with Crippen molar-refractivity contribution in [2.45, 2.75) is 45.4 Å². The Kier molecular flexibility index (Phi) is 5.56. The smallest absolute Gasteiger partial charge is 0.338 e. The first-order valence-electron chi connectivity index (χ1n) is 7.94. The summed E-state index contributed by atoms with van der Waals surface area (Å²) in [6.07, 6.45) is 1.71. The summed E-state index contributed by atoms with van der Waals surface area (Å²) >= 11 is 3.45. The third kappa shape index (κ3) is 3.89. The van der Waals surface area contributed by atoms with Crippen LogP contribution in [0.4, 0.5) is 0 Å². The molecule has 24 heavy (non-hydrogen) atoms. The molecular formula is C17H25BrN2O3Si. The number of carbonyl (C=O) groups is 1. The fourth-order valence-electron chi connectivity index (χ4n) is 2.20. The van der Waals surface area contributed by atoms with Gasteiger partial charge in [-0.3, -0.25) is 4.68 Å². The Labute approximate surface area is 152 Å². The van der Waals surface area contributed by atoms with E-state index in [1.54, 1.807) is 12.3 Å². The van der Waals surface area contributed by atoms with Crippen molar-refractivity contribution in [1.82, 2.24) is 9.78 Å².